The van der Waals surface area contributed by atoms with Crippen molar-refractivity contribution >= 4 is 28.0 Å². The maximum atomic E-state index is 13.6. The number of carbonyl (C=O) groups excluding carboxylic acids is 1. The van der Waals surface area contributed by atoms with Crippen LogP contribution in [0.2, 0.25) is 0 Å². The molecule has 1 aromatic carbocycles. The maximum absolute atomic E-state index is 13.6. The molecule has 0 saturated heterocycles. The molecule has 0 bridgehead atoms. The van der Waals surface area contributed by atoms with Gasteiger partial charge in [-0.15, -0.1) is 0 Å². The molecule has 0 radical (unpaired) electrons. The Morgan fingerprint density at radius 1 is 1.22 bits per heavy atom. The maximum Gasteiger partial charge on any atom is 0.314 e. The molecule has 1 heterocycles. The lowest BCUT2D eigenvalue weighted by Crippen LogP contribution is -3.10. The number of amides is 1. The number of quaternary nitrogens is 1. The monoisotopic (exact) mass is 538 g/mol. The van der Waals surface area contributed by atoms with Crippen molar-refractivity contribution in [1.29, 1.82) is 0 Å². The fraction of sp³-hybridized carbons (Fsp3) is 0.480. The third-order valence-corrected chi connectivity index (χ3v) is 6.77. The van der Waals surface area contributed by atoms with E-state index in [9.17, 15) is 33.0 Å². The predicted octanol–water partition coefficient (Wildman–Crippen LogP) is 1.64. The van der Waals surface area contributed by atoms with Gasteiger partial charge in [0.1, 0.15) is 5.82 Å². The van der Waals surface area contributed by atoms with Crippen molar-refractivity contribution in [3.63, 3.8) is 0 Å². The number of aliphatic hydroxyl groups excluding tert-OH is 2. The fourth-order valence-electron chi connectivity index (χ4n) is 3.54. The van der Waals surface area contributed by atoms with Gasteiger partial charge in [0.2, 0.25) is 16.0 Å². The number of aromatic nitrogens is 2. The second kappa shape index (κ2) is 13.2. The number of carbonyl (C=O) groups is 1. The molecule has 0 spiro atoms. The number of hydrogen-bond donors (Lipinski definition) is 3. The van der Waals surface area contributed by atoms with E-state index in [4.69, 9.17) is 0 Å². The van der Waals surface area contributed by atoms with Crippen LogP contribution in [0.1, 0.15) is 57.2 Å². The normalized spacial score (nSPS) is 14.6. The number of halogens is 1. The molecule has 204 valence electrons. The highest BCUT2D eigenvalue weighted by Gasteiger charge is 2.23. The van der Waals surface area contributed by atoms with Crippen molar-refractivity contribution in [3.05, 3.63) is 52.6 Å². The lowest BCUT2D eigenvalue weighted by atomic mass is 9.97. The first-order valence-electron chi connectivity index (χ1n) is 12.0. The van der Waals surface area contributed by atoms with Crippen LogP contribution >= 0.6 is 0 Å². The molecule has 10 nitrogen and oxygen atoms in total. The zero-order valence-electron chi connectivity index (χ0n) is 21.7. The number of aliphatic hydroxyl groups is 2. The minimum atomic E-state index is -3.67. The van der Waals surface area contributed by atoms with Crippen LogP contribution in [-0.4, -0.2) is 66.6 Å². The average Bonchev–Trinajstić information content (AvgIpc) is 2.81. The number of rotatable bonds is 12. The van der Waals surface area contributed by atoms with E-state index in [0.29, 0.717) is 28.9 Å². The highest BCUT2D eigenvalue weighted by atomic mass is 32.2. The second-order valence-electron chi connectivity index (χ2n) is 9.18. The Kier molecular flexibility index (Phi) is 10.8. The van der Waals surface area contributed by atoms with Gasteiger partial charge >= 0.3 is 5.91 Å². The quantitative estimate of drug-likeness (QED) is 0.346. The van der Waals surface area contributed by atoms with Gasteiger partial charge in [-0.05, 0) is 36.6 Å². The van der Waals surface area contributed by atoms with Crippen molar-refractivity contribution in [2.45, 2.75) is 58.2 Å². The Bertz CT molecular complexity index is 1200. The number of nitrogens with zero attached hydrogens (tertiary/aromatic N) is 3. The number of hydroxylamine groups is 2. The summed E-state index contributed by atoms with van der Waals surface area (Å²) in [5.41, 5.74) is 1.80. The number of anilines is 1. The van der Waals surface area contributed by atoms with Gasteiger partial charge in [-0.25, -0.2) is 31.9 Å². The zero-order chi connectivity index (χ0) is 27.9. The smallest absolute Gasteiger partial charge is 0.314 e. The summed E-state index contributed by atoms with van der Waals surface area (Å²) in [7, 11) is -2.34. The largest absolute Gasteiger partial charge is 0.627 e. The number of benzene rings is 1. The molecule has 2 aromatic rings. The van der Waals surface area contributed by atoms with Crippen LogP contribution in [0.4, 0.5) is 10.3 Å². The van der Waals surface area contributed by atoms with Crippen LogP contribution < -0.4 is 9.37 Å². The summed E-state index contributed by atoms with van der Waals surface area (Å²) in [5.74, 6) is -1.37. The Hall–Kier alpha value is -2.77. The van der Waals surface area contributed by atoms with Crippen molar-refractivity contribution in [1.82, 2.24) is 9.97 Å². The van der Waals surface area contributed by atoms with E-state index in [2.05, 4.69) is 9.97 Å². The first-order valence-corrected chi connectivity index (χ1v) is 13.8. The third kappa shape index (κ3) is 8.64. The van der Waals surface area contributed by atoms with Gasteiger partial charge in [-0.1, -0.05) is 32.9 Å². The summed E-state index contributed by atoms with van der Waals surface area (Å²) in [5, 5.41) is 31.8. The van der Waals surface area contributed by atoms with E-state index in [1.165, 1.54) is 37.4 Å². The molecule has 1 amide bonds. The first-order chi connectivity index (χ1) is 17.2. The first kappa shape index (κ1) is 30.5. The lowest BCUT2D eigenvalue weighted by Gasteiger charge is -2.21. The minimum absolute atomic E-state index is 0.0612. The summed E-state index contributed by atoms with van der Waals surface area (Å²) >= 11 is 0. The summed E-state index contributed by atoms with van der Waals surface area (Å²) in [6.45, 7) is 5.61. The molecule has 37 heavy (non-hydrogen) atoms. The molecular weight excluding hydrogens is 503 g/mol. The van der Waals surface area contributed by atoms with Crippen molar-refractivity contribution < 1.29 is 32.9 Å². The molecule has 1 aromatic heterocycles. The van der Waals surface area contributed by atoms with Crippen LogP contribution in [-0.2, 0) is 14.8 Å². The molecular formula is C25H35FN4O6S. The van der Waals surface area contributed by atoms with Gasteiger partial charge in [-0.2, -0.15) is 0 Å². The standard InChI is InChI=1S/C25H35FN4O6S/c1-6-13-30(34)22(33)15-20(32)14-19(31)11-12-21-23(16(2)3)27-25(29(4)37(5,35)36)28-24(21)17-7-9-18(26)10-8-17/h7-12,16,19-20,30-32H,6,13-15H2,1-5H3/b12-11+/t19-,20-/m1/s1. The Labute approximate surface area is 217 Å². The summed E-state index contributed by atoms with van der Waals surface area (Å²) < 4.78 is 38.8. The summed E-state index contributed by atoms with van der Waals surface area (Å²) in [6, 6.07) is 5.51. The van der Waals surface area contributed by atoms with E-state index >= 15 is 0 Å². The van der Waals surface area contributed by atoms with E-state index in [0.717, 1.165) is 10.6 Å². The van der Waals surface area contributed by atoms with Crippen molar-refractivity contribution in [3.8, 4) is 11.3 Å². The fourth-order valence-corrected chi connectivity index (χ4v) is 3.92. The molecule has 2 rings (SSSR count). The molecule has 12 heteroatoms. The molecule has 0 aliphatic carbocycles. The summed E-state index contributed by atoms with van der Waals surface area (Å²) in [4.78, 5) is 20.8. The Balaban J connectivity index is 2.45. The number of hydrogen-bond acceptors (Lipinski definition) is 8. The average molecular weight is 539 g/mol. The van der Waals surface area contributed by atoms with Gasteiger partial charge in [0, 0.05) is 24.6 Å². The Morgan fingerprint density at radius 3 is 2.38 bits per heavy atom. The van der Waals surface area contributed by atoms with E-state index in [-0.39, 0.29) is 31.3 Å². The minimum Gasteiger partial charge on any atom is -0.627 e. The van der Waals surface area contributed by atoms with Crippen LogP contribution in [0, 0.1) is 11.0 Å². The predicted molar refractivity (Wildman–Crippen MR) is 140 cm³/mol. The molecule has 3 N–H and O–H groups in total. The molecule has 0 saturated carbocycles. The van der Waals surface area contributed by atoms with Crippen molar-refractivity contribution in [2.75, 3.05) is 24.2 Å². The van der Waals surface area contributed by atoms with Crippen molar-refractivity contribution in [2.24, 2.45) is 0 Å². The van der Waals surface area contributed by atoms with Crippen LogP contribution in [0.5, 0.6) is 0 Å². The van der Waals surface area contributed by atoms with Crippen LogP contribution in [0.3, 0.4) is 0 Å². The highest BCUT2D eigenvalue weighted by Crippen LogP contribution is 2.31. The van der Waals surface area contributed by atoms with Crippen LogP contribution in [0.15, 0.2) is 30.3 Å². The highest BCUT2D eigenvalue weighted by molar-refractivity contribution is 7.92. The van der Waals surface area contributed by atoms with Gasteiger partial charge in [-0.3, -0.25) is 0 Å². The SMILES string of the molecule is CCC[NH+]([O-])C(=O)C[C@H](O)C[C@H](O)/C=C/c1c(-c2ccc(F)cc2)nc(N(C)S(C)(=O)=O)nc1C(C)C. The second-order valence-corrected chi connectivity index (χ2v) is 11.2. The topological polar surface area (TPSA) is 148 Å². The van der Waals surface area contributed by atoms with E-state index < -0.39 is 39.0 Å². The molecule has 0 fully saturated rings. The lowest BCUT2D eigenvalue weighted by molar-refractivity contribution is -0.765. The van der Waals surface area contributed by atoms with Gasteiger partial charge < -0.3 is 20.5 Å². The Morgan fingerprint density at radius 2 is 1.84 bits per heavy atom. The summed E-state index contributed by atoms with van der Waals surface area (Å²) in [6.07, 6.45) is 1.58. The van der Waals surface area contributed by atoms with Gasteiger partial charge in [0.25, 0.3) is 0 Å². The molecule has 0 aliphatic heterocycles. The van der Waals surface area contributed by atoms with E-state index in [1.807, 2.05) is 13.8 Å². The van der Waals surface area contributed by atoms with Gasteiger partial charge in [0.15, 0.2) is 0 Å². The third-order valence-electron chi connectivity index (χ3n) is 5.61. The number of nitrogens with one attached hydrogen (secondary N) is 1. The number of sulfonamides is 1. The van der Waals surface area contributed by atoms with Crippen LogP contribution in [0.25, 0.3) is 17.3 Å². The zero-order valence-corrected chi connectivity index (χ0v) is 22.5. The van der Waals surface area contributed by atoms with Gasteiger partial charge in [0.05, 0.1) is 42.8 Å². The molecule has 1 unspecified atom stereocenters. The van der Waals surface area contributed by atoms with E-state index in [1.54, 1.807) is 13.0 Å². The molecule has 3 atom stereocenters. The molecule has 0 aliphatic rings.